The molecule has 0 fully saturated rings. The highest BCUT2D eigenvalue weighted by Crippen LogP contribution is 2.34. The first-order valence-electron chi connectivity index (χ1n) is 5.98. The van der Waals surface area contributed by atoms with Crippen molar-refractivity contribution in [3.63, 3.8) is 0 Å². The van der Waals surface area contributed by atoms with E-state index in [9.17, 15) is 4.39 Å². The minimum absolute atomic E-state index is 0.339. The van der Waals surface area contributed by atoms with Crippen LogP contribution < -0.4 is 10.5 Å². The summed E-state index contributed by atoms with van der Waals surface area (Å²) < 4.78 is 20.2. The minimum Gasteiger partial charge on any atom is -0.496 e. The van der Waals surface area contributed by atoms with Gasteiger partial charge in [0.15, 0.2) is 0 Å². The molecule has 0 heterocycles. The van der Waals surface area contributed by atoms with Gasteiger partial charge in [-0.2, -0.15) is 0 Å². The molecule has 2 aromatic carbocycles. The molecular formula is C15H14BrClFNO. The molecule has 0 aliphatic heterocycles. The average molecular weight is 359 g/mol. The summed E-state index contributed by atoms with van der Waals surface area (Å²) in [6.45, 7) is 1.95. The largest absolute Gasteiger partial charge is 0.496 e. The first-order valence-corrected chi connectivity index (χ1v) is 7.15. The number of benzene rings is 2. The highest BCUT2D eigenvalue weighted by molar-refractivity contribution is 9.10. The van der Waals surface area contributed by atoms with Gasteiger partial charge >= 0.3 is 0 Å². The molecule has 0 radical (unpaired) electrons. The normalized spacial score (nSPS) is 12.3. The van der Waals surface area contributed by atoms with Crippen LogP contribution in [0, 0.1) is 12.7 Å². The average Bonchev–Trinajstić information content (AvgIpc) is 2.43. The lowest BCUT2D eigenvalue weighted by Gasteiger charge is -2.18. The van der Waals surface area contributed by atoms with Gasteiger partial charge in [-0.1, -0.05) is 27.5 Å². The zero-order valence-electron chi connectivity index (χ0n) is 11.1. The molecule has 0 amide bonds. The Balaban J connectivity index is 2.55. The lowest BCUT2D eigenvalue weighted by Crippen LogP contribution is -2.15. The number of hydrogen-bond acceptors (Lipinski definition) is 2. The fraction of sp³-hybridized carbons (Fsp3) is 0.200. The van der Waals surface area contributed by atoms with Gasteiger partial charge in [0.1, 0.15) is 11.6 Å². The molecule has 2 N–H and O–H groups in total. The molecule has 0 spiro atoms. The van der Waals surface area contributed by atoms with Crippen LogP contribution in [0.5, 0.6) is 5.75 Å². The Bertz CT molecular complexity index is 648. The molecule has 2 aromatic rings. The third-order valence-electron chi connectivity index (χ3n) is 3.14. The van der Waals surface area contributed by atoms with E-state index in [4.69, 9.17) is 22.1 Å². The fourth-order valence-electron chi connectivity index (χ4n) is 2.01. The standard InChI is InChI=1S/C15H14BrClFNO/c1-8-5-14(20-2)11(7-12(8)16)15(19)10-6-9(17)3-4-13(10)18/h3-7,15H,19H2,1-2H3. The van der Waals surface area contributed by atoms with Crippen LogP contribution in [0.2, 0.25) is 5.02 Å². The number of halogens is 3. The number of nitrogens with two attached hydrogens (primary N) is 1. The molecule has 2 nitrogen and oxygen atoms in total. The summed E-state index contributed by atoms with van der Waals surface area (Å²) in [6.07, 6.45) is 0. The number of methoxy groups -OCH3 is 1. The maximum atomic E-state index is 13.9. The van der Waals surface area contributed by atoms with E-state index in [-0.39, 0.29) is 5.82 Å². The van der Waals surface area contributed by atoms with Crippen molar-refractivity contribution < 1.29 is 9.13 Å². The second-order valence-electron chi connectivity index (χ2n) is 4.49. The number of hydrogen-bond donors (Lipinski definition) is 1. The van der Waals surface area contributed by atoms with E-state index in [1.807, 2.05) is 19.1 Å². The molecule has 0 aromatic heterocycles. The quantitative estimate of drug-likeness (QED) is 0.870. The summed E-state index contributed by atoms with van der Waals surface area (Å²) in [7, 11) is 1.56. The zero-order chi connectivity index (χ0) is 14.9. The Morgan fingerprint density at radius 1 is 1.25 bits per heavy atom. The van der Waals surface area contributed by atoms with Crippen LogP contribution in [0.4, 0.5) is 4.39 Å². The van der Waals surface area contributed by atoms with E-state index < -0.39 is 6.04 Å². The Morgan fingerprint density at radius 3 is 2.60 bits per heavy atom. The van der Waals surface area contributed by atoms with Gasteiger partial charge in [0.25, 0.3) is 0 Å². The molecule has 5 heteroatoms. The second kappa shape index (κ2) is 6.12. The van der Waals surface area contributed by atoms with Crippen LogP contribution in [-0.4, -0.2) is 7.11 Å². The lowest BCUT2D eigenvalue weighted by atomic mass is 9.97. The lowest BCUT2D eigenvalue weighted by molar-refractivity contribution is 0.407. The van der Waals surface area contributed by atoms with Gasteiger partial charge in [-0.3, -0.25) is 0 Å². The van der Waals surface area contributed by atoms with Gasteiger partial charge in [0.05, 0.1) is 13.2 Å². The molecule has 0 aliphatic carbocycles. The molecular weight excluding hydrogens is 345 g/mol. The van der Waals surface area contributed by atoms with Crippen molar-refractivity contribution in [3.8, 4) is 5.75 Å². The topological polar surface area (TPSA) is 35.2 Å². The summed E-state index contributed by atoms with van der Waals surface area (Å²) in [5, 5.41) is 0.446. The monoisotopic (exact) mass is 357 g/mol. The summed E-state index contributed by atoms with van der Waals surface area (Å²) >= 11 is 9.37. The Hall–Kier alpha value is -1.10. The van der Waals surface area contributed by atoms with Crippen molar-refractivity contribution in [3.05, 3.63) is 62.3 Å². The van der Waals surface area contributed by atoms with Gasteiger partial charge in [-0.15, -0.1) is 0 Å². The van der Waals surface area contributed by atoms with Gasteiger partial charge in [-0.25, -0.2) is 4.39 Å². The number of ether oxygens (including phenoxy) is 1. The first kappa shape index (κ1) is 15.3. The van der Waals surface area contributed by atoms with E-state index in [1.54, 1.807) is 7.11 Å². The third kappa shape index (κ3) is 2.97. The van der Waals surface area contributed by atoms with Crippen LogP contribution in [-0.2, 0) is 0 Å². The van der Waals surface area contributed by atoms with Crippen LogP contribution in [0.15, 0.2) is 34.8 Å². The maximum Gasteiger partial charge on any atom is 0.128 e. The number of aryl methyl sites for hydroxylation is 1. The fourth-order valence-corrected chi connectivity index (χ4v) is 2.55. The van der Waals surface area contributed by atoms with Gasteiger partial charge in [-0.05, 0) is 42.8 Å². The Labute approximate surface area is 130 Å². The van der Waals surface area contributed by atoms with Crippen molar-refractivity contribution in [2.75, 3.05) is 7.11 Å². The van der Waals surface area contributed by atoms with E-state index in [0.29, 0.717) is 21.9 Å². The molecule has 1 atom stereocenters. The number of rotatable bonds is 3. The summed E-state index contributed by atoms with van der Waals surface area (Å²) in [5.74, 6) is 0.234. The van der Waals surface area contributed by atoms with Crippen molar-refractivity contribution in [1.82, 2.24) is 0 Å². The summed E-state index contributed by atoms with van der Waals surface area (Å²) in [6, 6.07) is 7.40. The summed E-state index contributed by atoms with van der Waals surface area (Å²) in [4.78, 5) is 0. The predicted octanol–water partition coefficient (Wildman–Crippen LogP) is 4.61. The van der Waals surface area contributed by atoms with Gasteiger partial charge in [0.2, 0.25) is 0 Å². The van der Waals surface area contributed by atoms with Crippen LogP contribution in [0.25, 0.3) is 0 Å². The second-order valence-corrected chi connectivity index (χ2v) is 5.78. The third-order valence-corrected chi connectivity index (χ3v) is 4.23. The zero-order valence-corrected chi connectivity index (χ0v) is 13.4. The SMILES string of the molecule is COc1cc(C)c(Br)cc1C(N)c1cc(Cl)ccc1F. The van der Waals surface area contributed by atoms with Crippen molar-refractivity contribution >= 4 is 27.5 Å². The van der Waals surface area contributed by atoms with Crippen molar-refractivity contribution in [1.29, 1.82) is 0 Å². The van der Waals surface area contributed by atoms with E-state index >= 15 is 0 Å². The Kier molecular flexibility index (Phi) is 4.68. The maximum absolute atomic E-state index is 13.9. The van der Waals surface area contributed by atoms with Crippen molar-refractivity contribution in [2.24, 2.45) is 5.73 Å². The van der Waals surface area contributed by atoms with Gasteiger partial charge < -0.3 is 10.5 Å². The smallest absolute Gasteiger partial charge is 0.128 e. The Morgan fingerprint density at radius 2 is 1.95 bits per heavy atom. The highest BCUT2D eigenvalue weighted by Gasteiger charge is 2.19. The van der Waals surface area contributed by atoms with Crippen molar-refractivity contribution in [2.45, 2.75) is 13.0 Å². The van der Waals surface area contributed by atoms with Gasteiger partial charge in [0, 0.05) is 20.6 Å². The molecule has 0 saturated heterocycles. The molecule has 106 valence electrons. The molecule has 0 bridgehead atoms. The van der Waals surface area contributed by atoms with E-state index in [2.05, 4.69) is 15.9 Å². The molecule has 0 aliphatic rings. The van der Waals surface area contributed by atoms with Crippen LogP contribution in [0.1, 0.15) is 22.7 Å². The highest BCUT2D eigenvalue weighted by atomic mass is 79.9. The summed E-state index contributed by atoms with van der Waals surface area (Å²) in [5.41, 5.74) is 8.24. The molecule has 1 unspecified atom stereocenters. The molecule has 2 rings (SSSR count). The van der Waals surface area contributed by atoms with Crippen LogP contribution >= 0.6 is 27.5 Å². The van der Waals surface area contributed by atoms with Crippen LogP contribution in [0.3, 0.4) is 0 Å². The first-order chi connectivity index (χ1) is 9.43. The minimum atomic E-state index is -0.652. The predicted molar refractivity (Wildman–Crippen MR) is 82.9 cm³/mol. The van der Waals surface area contributed by atoms with E-state index in [0.717, 1.165) is 10.0 Å². The molecule has 20 heavy (non-hydrogen) atoms. The van der Waals surface area contributed by atoms with E-state index in [1.165, 1.54) is 18.2 Å². The molecule has 0 saturated carbocycles.